The zero-order chi connectivity index (χ0) is 10.1. The van der Waals surface area contributed by atoms with Gasteiger partial charge in [-0.05, 0) is 13.8 Å². The van der Waals surface area contributed by atoms with Gasteiger partial charge < -0.3 is 5.73 Å². The normalized spacial score (nSPS) is 10.4. The molecular weight excluding hydrogens is 178 g/mol. The minimum absolute atomic E-state index is 0.612. The lowest BCUT2D eigenvalue weighted by Crippen LogP contribution is -1.96. The largest absolute Gasteiger partial charge is 0.396 e. The van der Waals surface area contributed by atoms with Gasteiger partial charge in [0.15, 0.2) is 0 Å². The summed E-state index contributed by atoms with van der Waals surface area (Å²) >= 11 is 0. The maximum Gasteiger partial charge on any atom is 0.125 e. The molecule has 2 heterocycles. The van der Waals surface area contributed by atoms with Gasteiger partial charge in [-0.15, -0.1) is 0 Å². The Morgan fingerprint density at radius 1 is 1.29 bits per heavy atom. The average molecular weight is 189 g/mol. The Bertz CT molecular complexity index is 460. The molecule has 0 saturated carbocycles. The summed E-state index contributed by atoms with van der Waals surface area (Å²) in [6, 6.07) is 0. The molecule has 0 aromatic carbocycles. The van der Waals surface area contributed by atoms with Crippen molar-refractivity contribution in [1.29, 1.82) is 0 Å². The van der Waals surface area contributed by atoms with Crippen LogP contribution in [0.3, 0.4) is 0 Å². The molecule has 0 amide bonds. The van der Waals surface area contributed by atoms with Crippen molar-refractivity contribution < 1.29 is 0 Å². The van der Waals surface area contributed by atoms with Gasteiger partial charge in [-0.2, -0.15) is 5.10 Å². The molecule has 0 aliphatic carbocycles. The van der Waals surface area contributed by atoms with Crippen LogP contribution < -0.4 is 5.73 Å². The van der Waals surface area contributed by atoms with Crippen molar-refractivity contribution in [2.45, 2.75) is 13.8 Å². The van der Waals surface area contributed by atoms with Gasteiger partial charge in [0.1, 0.15) is 5.82 Å². The molecule has 5 heteroatoms. The molecule has 5 nitrogen and oxygen atoms in total. The lowest BCUT2D eigenvalue weighted by molar-refractivity contribution is 1.00. The highest BCUT2D eigenvalue weighted by Gasteiger charge is 2.08. The molecular formula is C9H11N5. The van der Waals surface area contributed by atoms with Crippen molar-refractivity contribution in [3.05, 3.63) is 23.9 Å². The fraction of sp³-hybridized carbons (Fsp3) is 0.222. The summed E-state index contributed by atoms with van der Waals surface area (Å²) in [6.45, 7) is 3.78. The van der Waals surface area contributed by atoms with Crippen LogP contribution in [0, 0.1) is 13.8 Å². The summed E-state index contributed by atoms with van der Waals surface area (Å²) in [5.74, 6) is 0.754. The highest BCUT2D eigenvalue weighted by Crippen LogP contribution is 2.23. The van der Waals surface area contributed by atoms with E-state index in [4.69, 9.17) is 5.73 Å². The van der Waals surface area contributed by atoms with E-state index in [9.17, 15) is 0 Å². The molecule has 2 rings (SSSR count). The predicted molar refractivity (Wildman–Crippen MR) is 53.5 cm³/mol. The van der Waals surface area contributed by atoms with Gasteiger partial charge in [0, 0.05) is 11.8 Å². The summed E-state index contributed by atoms with van der Waals surface area (Å²) in [6.07, 6.45) is 3.33. The number of nitrogens with zero attached hydrogens (tertiary/aromatic N) is 3. The van der Waals surface area contributed by atoms with Crippen molar-refractivity contribution in [2.24, 2.45) is 0 Å². The number of H-pyrrole nitrogens is 1. The first-order valence-corrected chi connectivity index (χ1v) is 4.28. The highest BCUT2D eigenvalue weighted by molar-refractivity contribution is 5.72. The fourth-order valence-corrected chi connectivity index (χ4v) is 1.34. The van der Waals surface area contributed by atoms with E-state index < -0.39 is 0 Å². The maximum atomic E-state index is 5.73. The van der Waals surface area contributed by atoms with Crippen LogP contribution in [0.25, 0.3) is 11.3 Å². The fourth-order valence-electron chi connectivity index (χ4n) is 1.34. The molecule has 72 valence electrons. The topological polar surface area (TPSA) is 80.5 Å². The van der Waals surface area contributed by atoms with Crippen molar-refractivity contribution in [3.8, 4) is 11.3 Å². The summed E-state index contributed by atoms with van der Waals surface area (Å²) in [7, 11) is 0. The van der Waals surface area contributed by atoms with Crippen LogP contribution in [0.5, 0.6) is 0 Å². The second-order valence-corrected chi connectivity index (χ2v) is 3.12. The Balaban J connectivity index is 2.58. The first kappa shape index (κ1) is 8.68. The third-order valence-corrected chi connectivity index (χ3v) is 2.04. The van der Waals surface area contributed by atoms with Crippen molar-refractivity contribution >= 4 is 5.69 Å². The molecule has 0 aliphatic rings. The Morgan fingerprint density at radius 3 is 2.64 bits per heavy atom. The van der Waals surface area contributed by atoms with E-state index in [1.54, 1.807) is 12.4 Å². The van der Waals surface area contributed by atoms with Crippen molar-refractivity contribution in [2.75, 3.05) is 5.73 Å². The van der Waals surface area contributed by atoms with Crippen molar-refractivity contribution in [1.82, 2.24) is 20.2 Å². The number of nitrogen functional groups attached to an aromatic ring is 1. The Kier molecular flexibility index (Phi) is 1.92. The Hall–Kier alpha value is -1.91. The van der Waals surface area contributed by atoms with Crippen molar-refractivity contribution in [3.63, 3.8) is 0 Å². The number of aromatic nitrogens is 4. The second-order valence-electron chi connectivity index (χ2n) is 3.12. The predicted octanol–water partition coefficient (Wildman–Crippen LogP) is 1.07. The lowest BCUT2D eigenvalue weighted by Gasteiger charge is -2.03. The third kappa shape index (κ3) is 1.32. The highest BCUT2D eigenvalue weighted by atomic mass is 15.1. The number of aromatic amines is 1. The number of aryl methyl sites for hydroxylation is 2. The summed E-state index contributed by atoms with van der Waals surface area (Å²) in [5.41, 5.74) is 8.91. The van der Waals surface area contributed by atoms with Crippen LogP contribution in [0.4, 0.5) is 5.69 Å². The number of nitrogens with one attached hydrogen (secondary N) is 1. The van der Waals surface area contributed by atoms with Crippen LogP contribution in [0.15, 0.2) is 12.4 Å². The van der Waals surface area contributed by atoms with Gasteiger partial charge in [-0.3, -0.25) is 5.10 Å². The third-order valence-electron chi connectivity index (χ3n) is 2.04. The van der Waals surface area contributed by atoms with Gasteiger partial charge in [-0.1, -0.05) is 0 Å². The van der Waals surface area contributed by atoms with Crippen LogP contribution in [-0.2, 0) is 0 Å². The van der Waals surface area contributed by atoms with Gasteiger partial charge in [0.2, 0.25) is 0 Å². The molecule has 0 fully saturated rings. The minimum atomic E-state index is 0.612. The second kappa shape index (κ2) is 3.10. The van der Waals surface area contributed by atoms with E-state index in [-0.39, 0.29) is 0 Å². The van der Waals surface area contributed by atoms with E-state index in [1.165, 1.54) is 0 Å². The average Bonchev–Trinajstić information content (AvgIpc) is 2.52. The standard InChI is InChI=1S/C9H11N5/c1-5-7(3-11-6(2)13-5)9-8(10)4-12-14-9/h3-4H,10H2,1-2H3,(H,12,14). The number of hydrogen-bond donors (Lipinski definition) is 2. The summed E-state index contributed by atoms with van der Waals surface area (Å²) in [4.78, 5) is 8.38. The van der Waals surface area contributed by atoms with Crippen LogP contribution in [-0.4, -0.2) is 20.2 Å². The van der Waals surface area contributed by atoms with Gasteiger partial charge in [0.25, 0.3) is 0 Å². The van der Waals surface area contributed by atoms with E-state index in [1.807, 2.05) is 13.8 Å². The quantitative estimate of drug-likeness (QED) is 0.703. The zero-order valence-electron chi connectivity index (χ0n) is 8.07. The lowest BCUT2D eigenvalue weighted by atomic mass is 10.1. The number of anilines is 1. The molecule has 0 unspecified atom stereocenters. The molecule has 0 aliphatic heterocycles. The molecule has 0 radical (unpaired) electrons. The summed E-state index contributed by atoms with van der Waals surface area (Å²) < 4.78 is 0. The Morgan fingerprint density at radius 2 is 2.07 bits per heavy atom. The zero-order valence-corrected chi connectivity index (χ0v) is 8.07. The smallest absolute Gasteiger partial charge is 0.125 e. The molecule has 14 heavy (non-hydrogen) atoms. The first-order valence-electron chi connectivity index (χ1n) is 4.28. The van der Waals surface area contributed by atoms with E-state index in [0.29, 0.717) is 5.69 Å². The number of nitrogens with two attached hydrogens (primary N) is 1. The monoisotopic (exact) mass is 189 g/mol. The number of hydrogen-bond acceptors (Lipinski definition) is 4. The minimum Gasteiger partial charge on any atom is -0.396 e. The summed E-state index contributed by atoms with van der Waals surface area (Å²) in [5, 5.41) is 6.68. The maximum absolute atomic E-state index is 5.73. The van der Waals surface area contributed by atoms with Crippen LogP contribution in [0.1, 0.15) is 11.5 Å². The Labute approximate surface area is 81.4 Å². The van der Waals surface area contributed by atoms with E-state index in [2.05, 4.69) is 20.2 Å². The number of rotatable bonds is 1. The van der Waals surface area contributed by atoms with Gasteiger partial charge >= 0.3 is 0 Å². The van der Waals surface area contributed by atoms with E-state index in [0.717, 1.165) is 22.8 Å². The van der Waals surface area contributed by atoms with Gasteiger partial charge in [0.05, 0.1) is 23.3 Å². The molecule has 2 aromatic heterocycles. The molecule has 3 N–H and O–H groups in total. The van der Waals surface area contributed by atoms with Crippen LogP contribution >= 0.6 is 0 Å². The SMILES string of the molecule is Cc1ncc(-c2[nH]ncc2N)c(C)n1. The van der Waals surface area contributed by atoms with Crippen LogP contribution in [0.2, 0.25) is 0 Å². The molecule has 2 aromatic rings. The van der Waals surface area contributed by atoms with E-state index >= 15 is 0 Å². The molecule has 0 bridgehead atoms. The molecule has 0 saturated heterocycles. The first-order chi connectivity index (χ1) is 6.68. The molecule has 0 spiro atoms. The van der Waals surface area contributed by atoms with Gasteiger partial charge in [-0.25, -0.2) is 9.97 Å². The molecule has 0 atom stereocenters.